The van der Waals surface area contributed by atoms with Gasteiger partial charge in [0, 0.05) is 29.1 Å². The van der Waals surface area contributed by atoms with E-state index in [2.05, 4.69) is 23.5 Å². The number of hydrogen-bond acceptors (Lipinski definition) is 3. The molecule has 0 aliphatic rings. The first-order valence-corrected chi connectivity index (χ1v) is 8.98. The second kappa shape index (κ2) is 7.65. The van der Waals surface area contributed by atoms with Crippen LogP contribution in [0.5, 0.6) is 0 Å². The second-order valence-electron chi connectivity index (χ2n) is 6.90. The average molecular weight is 376 g/mol. The number of nitriles is 1. The first kappa shape index (κ1) is 19.3. The van der Waals surface area contributed by atoms with E-state index < -0.39 is 11.6 Å². The number of hydrogen-bond donors (Lipinski definition) is 0. The largest absolute Gasteiger partial charge is 0.303 e. The Hall–Kier alpha value is -3.46. The Morgan fingerprint density at radius 1 is 1.21 bits per heavy atom. The lowest BCUT2D eigenvalue weighted by atomic mass is 10.0. The predicted octanol–water partition coefficient (Wildman–Crippen LogP) is 4.80. The minimum Gasteiger partial charge on any atom is -0.303 e. The summed E-state index contributed by atoms with van der Waals surface area (Å²) in [6, 6.07) is 11.2. The fraction of sp³-hybridized carbons (Fsp3) is 0.227. The van der Waals surface area contributed by atoms with Crippen molar-refractivity contribution in [1.82, 2.24) is 14.3 Å². The molecule has 2 heterocycles. The SMILES string of the molecule is Cc1cc(/C=C(\C#N)C(=O)c2ccc(F)cc2)c(C)n1-c1ccnn1C(C)C. The number of rotatable bonds is 5. The maximum absolute atomic E-state index is 13.1. The van der Waals surface area contributed by atoms with Gasteiger partial charge in [-0.25, -0.2) is 9.07 Å². The van der Waals surface area contributed by atoms with E-state index in [1.165, 1.54) is 24.3 Å². The van der Waals surface area contributed by atoms with Crippen LogP contribution in [0.3, 0.4) is 0 Å². The molecule has 0 saturated heterocycles. The van der Waals surface area contributed by atoms with Gasteiger partial charge in [-0.15, -0.1) is 0 Å². The highest BCUT2D eigenvalue weighted by molar-refractivity contribution is 6.14. The molecule has 0 aliphatic heterocycles. The molecule has 0 amide bonds. The number of Topliss-reactive ketones (excluding diaryl/α,β-unsaturated/α-hetero) is 1. The molecule has 0 spiro atoms. The molecular formula is C22H21FN4O. The van der Waals surface area contributed by atoms with E-state index in [0.717, 1.165) is 22.8 Å². The van der Waals surface area contributed by atoms with Crippen LogP contribution in [0.2, 0.25) is 0 Å². The van der Waals surface area contributed by atoms with Crippen molar-refractivity contribution in [3.05, 3.63) is 76.5 Å². The molecule has 0 fully saturated rings. The van der Waals surface area contributed by atoms with Gasteiger partial charge in [0.1, 0.15) is 23.3 Å². The molecule has 2 aromatic heterocycles. The van der Waals surface area contributed by atoms with Crippen LogP contribution in [0.15, 0.2) is 48.2 Å². The van der Waals surface area contributed by atoms with Gasteiger partial charge >= 0.3 is 0 Å². The van der Waals surface area contributed by atoms with Crippen molar-refractivity contribution in [3.63, 3.8) is 0 Å². The number of ketones is 1. The minimum atomic E-state index is -0.431. The summed E-state index contributed by atoms with van der Waals surface area (Å²) in [6.07, 6.45) is 3.34. The van der Waals surface area contributed by atoms with Gasteiger partial charge in [0.15, 0.2) is 0 Å². The smallest absolute Gasteiger partial charge is 0.203 e. The highest BCUT2D eigenvalue weighted by Gasteiger charge is 2.17. The summed E-state index contributed by atoms with van der Waals surface area (Å²) in [4.78, 5) is 12.6. The fourth-order valence-electron chi connectivity index (χ4n) is 3.23. The Bertz CT molecular complexity index is 1090. The van der Waals surface area contributed by atoms with Gasteiger partial charge in [0.05, 0.1) is 6.20 Å². The normalized spacial score (nSPS) is 11.7. The molecule has 0 N–H and O–H groups in total. The van der Waals surface area contributed by atoms with Gasteiger partial charge in [-0.05, 0) is 69.7 Å². The second-order valence-corrected chi connectivity index (χ2v) is 6.90. The van der Waals surface area contributed by atoms with E-state index in [9.17, 15) is 14.4 Å². The van der Waals surface area contributed by atoms with Gasteiger partial charge in [-0.3, -0.25) is 4.79 Å². The summed E-state index contributed by atoms with van der Waals surface area (Å²) >= 11 is 0. The zero-order chi connectivity index (χ0) is 20.4. The zero-order valence-electron chi connectivity index (χ0n) is 16.3. The van der Waals surface area contributed by atoms with E-state index >= 15 is 0 Å². The number of nitrogens with zero attached hydrogens (tertiary/aromatic N) is 4. The van der Waals surface area contributed by atoms with Crippen LogP contribution in [-0.2, 0) is 0 Å². The Morgan fingerprint density at radius 2 is 1.89 bits per heavy atom. The van der Waals surface area contributed by atoms with E-state index in [-0.39, 0.29) is 17.2 Å². The molecule has 0 radical (unpaired) electrons. The van der Waals surface area contributed by atoms with Crippen molar-refractivity contribution in [2.45, 2.75) is 33.7 Å². The summed E-state index contributed by atoms with van der Waals surface area (Å²) in [5, 5.41) is 13.9. The van der Waals surface area contributed by atoms with Crippen LogP contribution in [0.25, 0.3) is 11.9 Å². The number of allylic oxidation sites excluding steroid dienone is 1. The Morgan fingerprint density at radius 3 is 2.50 bits per heavy atom. The molecule has 0 atom stereocenters. The molecule has 28 heavy (non-hydrogen) atoms. The molecule has 1 aromatic carbocycles. The maximum atomic E-state index is 13.1. The topological polar surface area (TPSA) is 63.6 Å². The quantitative estimate of drug-likeness (QED) is 0.365. The molecule has 6 heteroatoms. The first-order valence-electron chi connectivity index (χ1n) is 8.98. The number of carbonyl (C=O) groups excluding carboxylic acids is 1. The lowest BCUT2D eigenvalue weighted by Crippen LogP contribution is -2.11. The molecule has 142 valence electrons. The highest BCUT2D eigenvalue weighted by atomic mass is 19.1. The van der Waals surface area contributed by atoms with Crippen molar-refractivity contribution < 1.29 is 9.18 Å². The molecule has 0 saturated carbocycles. The average Bonchev–Trinajstić information content (AvgIpc) is 3.24. The molecule has 0 unspecified atom stereocenters. The Labute approximate surface area is 163 Å². The Kier molecular flexibility index (Phi) is 5.27. The lowest BCUT2D eigenvalue weighted by Gasteiger charge is -2.15. The van der Waals surface area contributed by atoms with Crippen LogP contribution in [-0.4, -0.2) is 20.1 Å². The van der Waals surface area contributed by atoms with Crippen LogP contribution < -0.4 is 0 Å². The third-order valence-electron chi connectivity index (χ3n) is 4.61. The monoisotopic (exact) mass is 376 g/mol. The van der Waals surface area contributed by atoms with Gasteiger partial charge in [0.25, 0.3) is 0 Å². The predicted molar refractivity (Wildman–Crippen MR) is 106 cm³/mol. The van der Waals surface area contributed by atoms with Crippen molar-refractivity contribution in [1.29, 1.82) is 5.26 Å². The number of aryl methyl sites for hydroxylation is 1. The third kappa shape index (κ3) is 3.52. The van der Waals surface area contributed by atoms with Gasteiger partial charge in [-0.1, -0.05) is 0 Å². The van der Waals surface area contributed by atoms with Crippen LogP contribution in [0.1, 0.15) is 47.2 Å². The third-order valence-corrected chi connectivity index (χ3v) is 4.61. The van der Waals surface area contributed by atoms with Crippen molar-refractivity contribution in [3.8, 4) is 11.9 Å². The highest BCUT2D eigenvalue weighted by Crippen LogP contribution is 2.25. The number of halogens is 1. The van der Waals surface area contributed by atoms with E-state index in [1.807, 2.05) is 36.7 Å². The molecule has 3 aromatic rings. The van der Waals surface area contributed by atoms with Gasteiger partial charge < -0.3 is 4.57 Å². The van der Waals surface area contributed by atoms with E-state index in [1.54, 1.807) is 12.3 Å². The number of benzene rings is 1. The van der Waals surface area contributed by atoms with Crippen LogP contribution in [0, 0.1) is 31.0 Å². The summed E-state index contributed by atoms with van der Waals surface area (Å²) in [5.41, 5.74) is 2.93. The van der Waals surface area contributed by atoms with Crippen molar-refractivity contribution in [2.75, 3.05) is 0 Å². The molecular weight excluding hydrogens is 355 g/mol. The lowest BCUT2D eigenvalue weighted by molar-refractivity contribution is 0.104. The Balaban J connectivity index is 2.04. The van der Waals surface area contributed by atoms with Crippen molar-refractivity contribution in [2.24, 2.45) is 0 Å². The van der Waals surface area contributed by atoms with Crippen molar-refractivity contribution >= 4 is 11.9 Å². The maximum Gasteiger partial charge on any atom is 0.203 e. The van der Waals surface area contributed by atoms with Crippen LogP contribution >= 0.6 is 0 Å². The summed E-state index contributed by atoms with van der Waals surface area (Å²) in [5.74, 6) is 0.0666. The fourth-order valence-corrected chi connectivity index (χ4v) is 3.23. The van der Waals surface area contributed by atoms with Crippen LogP contribution in [0.4, 0.5) is 4.39 Å². The number of aromatic nitrogens is 3. The van der Waals surface area contributed by atoms with E-state index in [4.69, 9.17) is 0 Å². The first-order chi connectivity index (χ1) is 13.3. The van der Waals surface area contributed by atoms with E-state index in [0.29, 0.717) is 0 Å². The summed E-state index contributed by atoms with van der Waals surface area (Å²) in [7, 11) is 0. The standard InChI is InChI=1S/C22H21FN4O/c1-14(2)27-21(9-10-25-27)26-15(3)11-18(16(26)4)12-19(13-24)22(28)17-5-7-20(23)8-6-17/h5-12,14H,1-4H3/b19-12+. The molecule has 0 bridgehead atoms. The molecule has 5 nitrogen and oxygen atoms in total. The molecule has 3 rings (SSSR count). The number of carbonyl (C=O) groups is 1. The minimum absolute atomic E-state index is 0.00391. The zero-order valence-corrected chi connectivity index (χ0v) is 16.3. The molecule has 0 aliphatic carbocycles. The van der Waals surface area contributed by atoms with Gasteiger partial charge in [0.2, 0.25) is 5.78 Å². The van der Waals surface area contributed by atoms with Gasteiger partial charge in [-0.2, -0.15) is 10.4 Å². The summed E-state index contributed by atoms with van der Waals surface area (Å²) < 4.78 is 17.1. The summed E-state index contributed by atoms with van der Waals surface area (Å²) in [6.45, 7) is 8.02.